The van der Waals surface area contributed by atoms with E-state index in [-0.39, 0.29) is 17.5 Å². The first-order valence-corrected chi connectivity index (χ1v) is 12.9. The van der Waals surface area contributed by atoms with E-state index in [0.717, 1.165) is 30.4 Å². The van der Waals surface area contributed by atoms with Crippen molar-refractivity contribution in [3.05, 3.63) is 98.0 Å². The number of halogens is 1. The second-order valence-corrected chi connectivity index (χ2v) is 10.3. The lowest BCUT2D eigenvalue weighted by atomic mass is 9.92. The van der Waals surface area contributed by atoms with Crippen LogP contribution in [0.2, 0.25) is 5.02 Å². The number of carbonyl (C=O) groups is 1. The van der Waals surface area contributed by atoms with Gasteiger partial charge in [-0.15, -0.1) is 0 Å². The van der Waals surface area contributed by atoms with E-state index in [0.29, 0.717) is 53.8 Å². The zero-order valence-electron chi connectivity index (χ0n) is 20.2. The van der Waals surface area contributed by atoms with Crippen molar-refractivity contribution in [2.75, 3.05) is 19.8 Å². The number of nitrogens with zero attached hydrogens (tertiary/aromatic N) is 3. The number of rotatable bonds is 5. The molecule has 1 aliphatic carbocycles. The molecule has 3 aromatic rings. The van der Waals surface area contributed by atoms with E-state index in [1.165, 1.54) is 10.5 Å². The third-order valence-electron chi connectivity index (χ3n) is 7.61. The molecular formula is C28H27ClN4O4. The third kappa shape index (κ3) is 4.50. The van der Waals surface area contributed by atoms with Crippen LogP contribution in [0.3, 0.4) is 0 Å². The van der Waals surface area contributed by atoms with Crippen molar-refractivity contribution in [1.29, 1.82) is 0 Å². The number of carbonyl (C=O) groups excluding carboxylic acids is 1. The van der Waals surface area contributed by atoms with E-state index < -0.39 is 12.0 Å². The summed E-state index contributed by atoms with van der Waals surface area (Å²) < 4.78 is 5.44. The molecule has 9 heteroatoms. The van der Waals surface area contributed by atoms with Gasteiger partial charge in [0.2, 0.25) is 0 Å². The quantitative estimate of drug-likeness (QED) is 0.536. The van der Waals surface area contributed by atoms with Gasteiger partial charge in [-0.05, 0) is 59.7 Å². The SMILES string of the molecule is O=C([C@H](O)c1cccc(Cl)c1)N1CCc2nc(C3(c4cncc(C5=CCOCC5)c4)CC3)[nH]c(=O)c2C1. The average Bonchev–Trinajstić information content (AvgIpc) is 3.75. The number of aliphatic hydroxyl groups excluding tert-OH is 1. The van der Waals surface area contributed by atoms with E-state index in [1.807, 2.05) is 12.4 Å². The summed E-state index contributed by atoms with van der Waals surface area (Å²) in [7, 11) is 0. The molecular weight excluding hydrogens is 492 g/mol. The fourth-order valence-electron chi connectivity index (χ4n) is 5.29. The Morgan fingerprint density at radius 3 is 2.84 bits per heavy atom. The van der Waals surface area contributed by atoms with E-state index in [9.17, 15) is 14.7 Å². The first-order valence-electron chi connectivity index (χ1n) is 12.5. The molecule has 0 spiro atoms. The fourth-order valence-corrected chi connectivity index (χ4v) is 5.48. The number of hydrogen-bond acceptors (Lipinski definition) is 6. The average molecular weight is 519 g/mol. The molecule has 6 rings (SSSR count). The van der Waals surface area contributed by atoms with E-state index in [1.54, 1.807) is 24.3 Å². The van der Waals surface area contributed by atoms with Crippen LogP contribution in [0.4, 0.5) is 0 Å². The Morgan fingerprint density at radius 1 is 1.22 bits per heavy atom. The predicted molar refractivity (Wildman–Crippen MR) is 138 cm³/mol. The summed E-state index contributed by atoms with van der Waals surface area (Å²) in [4.78, 5) is 40.1. The molecule has 8 nitrogen and oxygen atoms in total. The molecule has 0 bridgehead atoms. The van der Waals surface area contributed by atoms with Crippen molar-refractivity contribution in [1.82, 2.24) is 19.9 Å². The number of aromatic nitrogens is 3. The first kappa shape index (κ1) is 24.0. The molecule has 4 heterocycles. The number of fused-ring (bicyclic) bond motifs is 1. The number of amides is 1. The lowest BCUT2D eigenvalue weighted by Gasteiger charge is -2.30. The van der Waals surface area contributed by atoms with Crippen LogP contribution in [-0.2, 0) is 27.9 Å². The lowest BCUT2D eigenvalue weighted by molar-refractivity contribution is -0.141. The maximum Gasteiger partial charge on any atom is 0.256 e. The van der Waals surface area contributed by atoms with Gasteiger partial charge in [-0.3, -0.25) is 14.6 Å². The number of hydrogen-bond donors (Lipinski definition) is 2. The first-order chi connectivity index (χ1) is 17.9. The van der Waals surface area contributed by atoms with Crippen molar-refractivity contribution < 1.29 is 14.6 Å². The van der Waals surface area contributed by atoms with Crippen molar-refractivity contribution in [3.8, 4) is 0 Å². The van der Waals surface area contributed by atoms with Crippen LogP contribution in [0, 0.1) is 0 Å². The van der Waals surface area contributed by atoms with Crippen molar-refractivity contribution in [3.63, 3.8) is 0 Å². The van der Waals surface area contributed by atoms with Gasteiger partial charge in [0.15, 0.2) is 6.10 Å². The third-order valence-corrected chi connectivity index (χ3v) is 7.84. The van der Waals surface area contributed by atoms with Gasteiger partial charge in [-0.1, -0.05) is 29.8 Å². The molecule has 0 radical (unpaired) electrons. The summed E-state index contributed by atoms with van der Waals surface area (Å²) in [5.41, 5.74) is 4.38. The number of ether oxygens (including phenoxy) is 1. The maximum absolute atomic E-state index is 13.2. The number of aliphatic hydroxyl groups is 1. The molecule has 0 unspecified atom stereocenters. The zero-order valence-corrected chi connectivity index (χ0v) is 21.0. The molecule has 37 heavy (non-hydrogen) atoms. The van der Waals surface area contributed by atoms with Crippen molar-refractivity contribution >= 4 is 23.1 Å². The molecule has 1 aromatic carbocycles. The Bertz CT molecular complexity index is 1460. The Kier molecular flexibility index (Phi) is 6.18. The second-order valence-electron chi connectivity index (χ2n) is 9.91. The molecule has 2 aromatic heterocycles. The van der Waals surface area contributed by atoms with Crippen LogP contribution in [0.25, 0.3) is 5.57 Å². The Balaban J connectivity index is 1.25. The Morgan fingerprint density at radius 2 is 2.08 bits per heavy atom. The number of H-pyrrole nitrogens is 1. The minimum atomic E-state index is -1.34. The summed E-state index contributed by atoms with van der Waals surface area (Å²) in [5.74, 6) is 0.204. The standard InChI is InChI=1S/C28H27ClN4O4/c29-21-3-1-2-18(13-21)24(34)26(36)33-9-4-23-22(16-33)25(35)32-27(31-23)28(7-8-28)20-12-19(14-30-15-20)17-5-10-37-11-6-17/h1-3,5,12-15,24,34H,4,6-11,16H2,(H,31,32,35)/t24-/m1/s1. The summed E-state index contributed by atoms with van der Waals surface area (Å²) >= 11 is 6.01. The van der Waals surface area contributed by atoms with Gasteiger partial charge in [-0.25, -0.2) is 4.98 Å². The summed E-state index contributed by atoms with van der Waals surface area (Å²) in [6.45, 7) is 1.80. The Labute approximate surface area is 219 Å². The number of nitrogens with one attached hydrogen (secondary N) is 1. The van der Waals surface area contributed by atoms with Gasteiger partial charge in [0.05, 0.1) is 36.4 Å². The molecule has 190 valence electrons. The molecule has 0 saturated heterocycles. The van der Waals surface area contributed by atoms with Crippen LogP contribution in [0.1, 0.15) is 59.1 Å². The normalized spacial score (nSPS) is 19.1. The minimum Gasteiger partial charge on any atom is -0.378 e. The molecule has 1 amide bonds. The second kappa shape index (κ2) is 9.52. The van der Waals surface area contributed by atoms with Gasteiger partial charge in [0.1, 0.15) is 5.82 Å². The van der Waals surface area contributed by atoms with Gasteiger partial charge >= 0.3 is 0 Å². The predicted octanol–water partition coefficient (Wildman–Crippen LogP) is 3.32. The van der Waals surface area contributed by atoms with Crippen LogP contribution in [0.5, 0.6) is 0 Å². The molecule has 2 aliphatic heterocycles. The van der Waals surface area contributed by atoms with Crippen LogP contribution < -0.4 is 5.56 Å². The fraction of sp³-hybridized carbons (Fsp3) is 0.357. The van der Waals surface area contributed by atoms with Gasteiger partial charge in [0.25, 0.3) is 11.5 Å². The van der Waals surface area contributed by atoms with Crippen LogP contribution in [0.15, 0.2) is 53.6 Å². The summed E-state index contributed by atoms with van der Waals surface area (Å²) in [6, 6.07) is 8.76. The molecule has 1 atom stereocenters. The van der Waals surface area contributed by atoms with E-state index in [2.05, 4.69) is 22.1 Å². The summed E-state index contributed by atoms with van der Waals surface area (Å²) in [6.07, 6.45) is 7.58. The molecule has 3 aliphatic rings. The van der Waals surface area contributed by atoms with Gasteiger partial charge in [-0.2, -0.15) is 0 Å². The largest absolute Gasteiger partial charge is 0.378 e. The highest BCUT2D eigenvalue weighted by molar-refractivity contribution is 6.30. The minimum absolute atomic E-state index is 0.106. The smallest absolute Gasteiger partial charge is 0.256 e. The highest BCUT2D eigenvalue weighted by Crippen LogP contribution is 2.52. The lowest BCUT2D eigenvalue weighted by Crippen LogP contribution is -2.42. The van der Waals surface area contributed by atoms with E-state index in [4.69, 9.17) is 21.3 Å². The highest BCUT2D eigenvalue weighted by Gasteiger charge is 2.49. The molecule has 2 N–H and O–H groups in total. The monoisotopic (exact) mass is 518 g/mol. The number of pyridine rings is 1. The van der Waals surface area contributed by atoms with E-state index >= 15 is 0 Å². The molecule has 1 saturated carbocycles. The number of benzene rings is 1. The maximum atomic E-state index is 13.2. The zero-order chi connectivity index (χ0) is 25.6. The number of aromatic amines is 1. The van der Waals surface area contributed by atoms with Gasteiger partial charge in [0, 0.05) is 30.4 Å². The molecule has 1 fully saturated rings. The topological polar surface area (TPSA) is 108 Å². The van der Waals surface area contributed by atoms with Gasteiger partial charge < -0.3 is 19.7 Å². The van der Waals surface area contributed by atoms with Crippen LogP contribution in [-0.4, -0.2) is 50.6 Å². The summed E-state index contributed by atoms with van der Waals surface area (Å²) in [5, 5.41) is 11.1. The highest BCUT2D eigenvalue weighted by atomic mass is 35.5. The van der Waals surface area contributed by atoms with Crippen molar-refractivity contribution in [2.45, 2.75) is 43.7 Å². The van der Waals surface area contributed by atoms with Crippen LogP contribution >= 0.6 is 11.6 Å². The van der Waals surface area contributed by atoms with Crippen molar-refractivity contribution in [2.24, 2.45) is 0 Å². The Hall–Kier alpha value is -3.33.